The Balaban J connectivity index is 1.76. The molecule has 0 saturated carbocycles. The number of carbonyl (C=O) groups excluding carboxylic acids is 1. The number of amides is 1. The Morgan fingerprint density at radius 1 is 1.03 bits per heavy atom. The Kier molecular flexibility index (Phi) is 7.51. The van der Waals surface area contributed by atoms with E-state index < -0.39 is 6.61 Å². The highest BCUT2D eigenvalue weighted by Gasteiger charge is 2.13. The molecule has 168 valence electrons. The standard InChI is InChI=1S/C24H26N2O6/c1-16-4-6-17(7-5-16)15-32-23-12-26(18(14-27)10-21(23)28)13-24(29)25-20-9-8-19(30-2)11-22(20)31-3/h4-12,27H,13-15H2,1-3H3,(H,25,29). The van der Waals surface area contributed by atoms with Gasteiger partial charge in [0.25, 0.3) is 0 Å². The number of aryl methyl sites for hydroxylation is 1. The number of aliphatic hydroxyl groups is 1. The van der Waals surface area contributed by atoms with Gasteiger partial charge in [-0.25, -0.2) is 0 Å². The van der Waals surface area contributed by atoms with Crippen molar-refractivity contribution in [2.75, 3.05) is 19.5 Å². The maximum absolute atomic E-state index is 12.7. The van der Waals surface area contributed by atoms with Crippen LogP contribution >= 0.6 is 0 Å². The van der Waals surface area contributed by atoms with E-state index in [0.29, 0.717) is 22.9 Å². The van der Waals surface area contributed by atoms with Gasteiger partial charge in [-0.05, 0) is 24.6 Å². The zero-order chi connectivity index (χ0) is 23.1. The molecule has 2 N–H and O–H groups in total. The molecule has 8 heteroatoms. The molecule has 0 aliphatic heterocycles. The summed E-state index contributed by atoms with van der Waals surface area (Å²) in [4.78, 5) is 25.0. The van der Waals surface area contributed by atoms with E-state index in [0.717, 1.165) is 11.1 Å². The van der Waals surface area contributed by atoms with Gasteiger partial charge >= 0.3 is 0 Å². The highest BCUT2D eigenvalue weighted by Crippen LogP contribution is 2.29. The topological polar surface area (TPSA) is 99.0 Å². The molecule has 3 aromatic rings. The van der Waals surface area contributed by atoms with Gasteiger partial charge in [0, 0.05) is 17.8 Å². The first-order valence-electron chi connectivity index (χ1n) is 9.98. The molecule has 0 radical (unpaired) electrons. The highest BCUT2D eigenvalue weighted by atomic mass is 16.5. The van der Waals surface area contributed by atoms with Crippen molar-refractivity contribution in [3.8, 4) is 17.2 Å². The molecule has 2 aromatic carbocycles. The molecule has 1 amide bonds. The van der Waals surface area contributed by atoms with Crippen molar-refractivity contribution in [2.24, 2.45) is 0 Å². The number of aromatic nitrogens is 1. The fourth-order valence-electron chi connectivity index (χ4n) is 3.08. The lowest BCUT2D eigenvalue weighted by atomic mass is 10.2. The summed E-state index contributed by atoms with van der Waals surface area (Å²) in [6.45, 7) is 1.67. The average Bonchev–Trinajstić information content (AvgIpc) is 2.80. The quantitative estimate of drug-likeness (QED) is 0.533. The number of methoxy groups -OCH3 is 2. The second-order valence-corrected chi connectivity index (χ2v) is 7.17. The highest BCUT2D eigenvalue weighted by molar-refractivity contribution is 5.92. The zero-order valence-electron chi connectivity index (χ0n) is 18.3. The van der Waals surface area contributed by atoms with Crippen molar-refractivity contribution in [3.63, 3.8) is 0 Å². The van der Waals surface area contributed by atoms with Gasteiger partial charge in [-0.15, -0.1) is 0 Å². The lowest BCUT2D eigenvalue weighted by Crippen LogP contribution is -2.23. The zero-order valence-corrected chi connectivity index (χ0v) is 18.3. The van der Waals surface area contributed by atoms with E-state index in [2.05, 4.69) is 5.32 Å². The van der Waals surface area contributed by atoms with E-state index in [1.807, 2.05) is 31.2 Å². The predicted molar refractivity (Wildman–Crippen MR) is 120 cm³/mol. The Morgan fingerprint density at radius 2 is 1.78 bits per heavy atom. The van der Waals surface area contributed by atoms with Crippen LogP contribution < -0.4 is 25.0 Å². The van der Waals surface area contributed by atoms with Gasteiger partial charge < -0.3 is 29.2 Å². The van der Waals surface area contributed by atoms with Gasteiger partial charge in [0.05, 0.1) is 32.7 Å². The van der Waals surface area contributed by atoms with E-state index in [9.17, 15) is 14.7 Å². The Hall–Kier alpha value is -3.78. The van der Waals surface area contributed by atoms with Crippen LogP contribution in [0.1, 0.15) is 16.8 Å². The molecule has 32 heavy (non-hydrogen) atoms. The lowest BCUT2D eigenvalue weighted by molar-refractivity contribution is -0.116. The number of hydrogen-bond donors (Lipinski definition) is 2. The summed E-state index contributed by atoms with van der Waals surface area (Å²) in [5, 5.41) is 12.4. The summed E-state index contributed by atoms with van der Waals surface area (Å²) in [6, 6.07) is 14.1. The van der Waals surface area contributed by atoms with Gasteiger partial charge in [0.15, 0.2) is 5.75 Å². The summed E-state index contributed by atoms with van der Waals surface area (Å²) < 4.78 is 17.6. The summed E-state index contributed by atoms with van der Waals surface area (Å²) in [6.07, 6.45) is 1.44. The summed E-state index contributed by atoms with van der Waals surface area (Å²) in [7, 11) is 3.03. The van der Waals surface area contributed by atoms with Crippen LogP contribution in [0.25, 0.3) is 0 Å². The number of aliphatic hydroxyl groups excluding tert-OH is 1. The number of pyridine rings is 1. The molecule has 0 bridgehead atoms. The van der Waals surface area contributed by atoms with E-state index in [1.165, 1.54) is 31.0 Å². The third kappa shape index (κ3) is 5.67. The van der Waals surface area contributed by atoms with E-state index in [4.69, 9.17) is 14.2 Å². The first kappa shape index (κ1) is 22.9. The summed E-state index contributed by atoms with van der Waals surface area (Å²) in [5.41, 5.74) is 2.45. The van der Waals surface area contributed by atoms with Crippen LogP contribution in [-0.2, 0) is 24.6 Å². The minimum absolute atomic E-state index is 0.0950. The molecule has 3 rings (SSSR count). The number of nitrogens with zero attached hydrogens (tertiary/aromatic N) is 1. The molecule has 0 aliphatic carbocycles. The van der Waals surface area contributed by atoms with Gasteiger partial charge in [-0.2, -0.15) is 0 Å². The largest absolute Gasteiger partial charge is 0.497 e. The van der Waals surface area contributed by atoms with Crippen LogP contribution in [0.4, 0.5) is 5.69 Å². The molecular weight excluding hydrogens is 412 g/mol. The van der Waals surface area contributed by atoms with Gasteiger partial charge in [-0.3, -0.25) is 9.59 Å². The predicted octanol–water partition coefficient (Wildman–Crippen LogP) is 2.88. The molecule has 0 aliphatic rings. The Labute approximate surface area is 186 Å². The van der Waals surface area contributed by atoms with Crippen molar-refractivity contribution in [3.05, 3.63) is 81.8 Å². The molecule has 0 spiro atoms. The number of rotatable bonds is 9. The van der Waals surface area contributed by atoms with Gasteiger partial charge in [0.2, 0.25) is 11.3 Å². The van der Waals surface area contributed by atoms with Gasteiger partial charge in [-0.1, -0.05) is 29.8 Å². The van der Waals surface area contributed by atoms with E-state index >= 15 is 0 Å². The van der Waals surface area contributed by atoms with Crippen LogP contribution in [0.15, 0.2) is 59.5 Å². The fourth-order valence-corrected chi connectivity index (χ4v) is 3.08. The second-order valence-electron chi connectivity index (χ2n) is 7.17. The van der Waals surface area contributed by atoms with Gasteiger partial charge in [0.1, 0.15) is 24.7 Å². The minimum atomic E-state index is -0.396. The molecule has 1 heterocycles. The number of benzene rings is 2. The number of nitrogens with one attached hydrogen (secondary N) is 1. The Bertz CT molecular complexity index is 1140. The van der Waals surface area contributed by atoms with Crippen LogP contribution in [0, 0.1) is 6.92 Å². The van der Waals surface area contributed by atoms with Crippen LogP contribution in [0.2, 0.25) is 0 Å². The monoisotopic (exact) mass is 438 g/mol. The molecule has 0 saturated heterocycles. The van der Waals surface area contributed by atoms with E-state index in [-0.39, 0.29) is 30.2 Å². The maximum Gasteiger partial charge on any atom is 0.244 e. The van der Waals surface area contributed by atoms with Crippen LogP contribution in [0.3, 0.4) is 0 Å². The van der Waals surface area contributed by atoms with Crippen molar-refractivity contribution < 1.29 is 24.1 Å². The molecule has 0 fully saturated rings. The third-order valence-corrected chi connectivity index (χ3v) is 4.86. The molecule has 0 unspecified atom stereocenters. The third-order valence-electron chi connectivity index (χ3n) is 4.86. The molecule has 1 aromatic heterocycles. The summed E-state index contributed by atoms with van der Waals surface area (Å²) in [5.74, 6) is 0.772. The molecular formula is C24H26N2O6. The van der Waals surface area contributed by atoms with Crippen molar-refractivity contribution >= 4 is 11.6 Å². The minimum Gasteiger partial charge on any atom is -0.497 e. The maximum atomic E-state index is 12.7. The molecule has 0 atom stereocenters. The van der Waals surface area contributed by atoms with Crippen molar-refractivity contribution in [1.29, 1.82) is 0 Å². The first-order chi connectivity index (χ1) is 15.4. The average molecular weight is 438 g/mol. The normalized spacial score (nSPS) is 10.5. The first-order valence-corrected chi connectivity index (χ1v) is 9.98. The summed E-state index contributed by atoms with van der Waals surface area (Å²) >= 11 is 0. The number of anilines is 1. The number of hydrogen-bond acceptors (Lipinski definition) is 6. The number of ether oxygens (including phenoxy) is 3. The SMILES string of the molecule is COc1ccc(NC(=O)Cn2cc(OCc3ccc(C)cc3)c(=O)cc2CO)c(OC)c1. The molecule has 8 nitrogen and oxygen atoms in total. The van der Waals surface area contributed by atoms with Crippen LogP contribution in [0.5, 0.6) is 17.2 Å². The number of carbonyl (C=O) groups is 1. The second kappa shape index (κ2) is 10.5. The van der Waals surface area contributed by atoms with Crippen molar-refractivity contribution in [1.82, 2.24) is 4.57 Å². The lowest BCUT2D eigenvalue weighted by Gasteiger charge is -2.16. The smallest absolute Gasteiger partial charge is 0.244 e. The van der Waals surface area contributed by atoms with E-state index in [1.54, 1.807) is 18.2 Å². The Morgan fingerprint density at radius 3 is 2.44 bits per heavy atom. The van der Waals surface area contributed by atoms with Crippen LogP contribution in [-0.4, -0.2) is 29.8 Å². The fraction of sp³-hybridized carbons (Fsp3) is 0.250. The van der Waals surface area contributed by atoms with Crippen molar-refractivity contribution in [2.45, 2.75) is 26.7 Å².